The first-order valence-electron chi connectivity index (χ1n) is 4.77. The first-order chi connectivity index (χ1) is 7.43. The van der Waals surface area contributed by atoms with E-state index in [1.54, 1.807) is 6.07 Å². The maximum absolute atomic E-state index is 13.4. The molecule has 0 bridgehead atoms. The molecule has 0 aliphatic carbocycles. The summed E-state index contributed by atoms with van der Waals surface area (Å²) in [5.74, 6) is -2.68. The highest BCUT2D eigenvalue weighted by Crippen LogP contribution is 2.41. The van der Waals surface area contributed by atoms with Gasteiger partial charge in [0, 0.05) is 13.5 Å². The van der Waals surface area contributed by atoms with Crippen LogP contribution in [0.25, 0.3) is 0 Å². The molecule has 0 spiro atoms. The van der Waals surface area contributed by atoms with Crippen LogP contribution in [0.1, 0.15) is 18.1 Å². The highest BCUT2D eigenvalue weighted by atomic mass is 19.3. The van der Waals surface area contributed by atoms with Crippen molar-refractivity contribution in [2.75, 3.05) is 14.2 Å². The van der Waals surface area contributed by atoms with E-state index >= 15 is 0 Å². The van der Waals surface area contributed by atoms with Gasteiger partial charge < -0.3 is 15.2 Å². The highest BCUT2D eigenvalue weighted by molar-refractivity contribution is 5.51. The molecule has 0 heterocycles. The molecule has 0 aromatic heterocycles. The molecule has 0 aliphatic heterocycles. The summed E-state index contributed by atoms with van der Waals surface area (Å²) in [4.78, 5) is 0. The summed E-state index contributed by atoms with van der Waals surface area (Å²) in [6.45, 7) is 0.980. The minimum Gasteiger partial charge on any atom is -0.493 e. The minimum atomic E-state index is -3.00. The fraction of sp³-hybridized carbons (Fsp3) is 0.455. The Labute approximate surface area is 93.2 Å². The van der Waals surface area contributed by atoms with Crippen molar-refractivity contribution >= 4 is 0 Å². The Kier molecular flexibility index (Phi) is 3.70. The van der Waals surface area contributed by atoms with E-state index in [9.17, 15) is 8.78 Å². The molecule has 1 aromatic carbocycles. The van der Waals surface area contributed by atoms with E-state index in [2.05, 4.69) is 0 Å². The number of ether oxygens (including phenoxy) is 2. The quantitative estimate of drug-likeness (QED) is 0.864. The van der Waals surface area contributed by atoms with Crippen molar-refractivity contribution in [3.63, 3.8) is 0 Å². The highest BCUT2D eigenvalue weighted by Gasteiger charge is 2.31. The largest absolute Gasteiger partial charge is 0.493 e. The average molecular weight is 231 g/mol. The number of hydrogen-bond donors (Lipinski definition) is 1. The fourth-order valence-corrected chi connectivity index (χ4v) is 1.47. The molecular weight excluding hydrogens is 216 g/mol. The Bertz CT molecular complexity index is 375. The zero-order valence-corrected chi connectivity index (χ0v) is 9.51. The summed E-state index contributed by atoms with van der Waals surface area (Å²) in [5.41, 5.74) is 5.80. The van der Waals surface area contributed by atoms with E-state index in [0.29, 0.717) is 5.56 Å². The third-order valence-electron chi connectivity index (χ3n) is 2.25. The molecule has 5 heteroatoms. The number of methoxy groups -OCH3 is 2. The number of halogens is 2. The van der Waals surface area contributed by atoms with Crippen molar-refractivity contribution in [3.05, 3.63) is 23.3 Å². The smallest absolute Gasteiger partial charge is 0.274 e. The van der Waals surface area contributed by atoms with Crippen molar-refractivity contribution in [1.29, 1.82) is 0 Å². The molecule has 3 nitrogen and oxygen atoms in total. The zero-order valence-electron chi connectivity index (χ0n) is 9.51. The molecule has 0 atom stereocenters. The number of alkyl halides is 2. The standard InChI is InChI=1S/C11H15F2NO2/c1-11(12,13)8-4-7(6-14)5-9(15-2)10(8)16-3/h4-5H,6,14H2,1-3H3. The van der Waals surface area contributed by atoms with E-state index in [1.807, 2.05) is 0 Å². The number of benzene rings is 1. The van der Waals surface area contributed by atoms with Crippen LogP contribution < -0.4 is 15.2 Å². The lowest BCUT2D eigenvalue weighted by Crippen LogP contribution is -2.12. The molecule has 16 heavy (non-hydrogen) atoms. The normalized spacial score (nSPS) is 11.4. The summed E-state index contributed by atoms with van der Waals surface area (Å²) in [6, 6.07) is 2.93. The first kappa shape index (κ1) is 12.7. The zero-order chi connectivity index (χ0) is 12.3. The van der Waals surface area contributed by atoms with Crippen LogP contribution in [0.4, 0.5) is 8.78 Å². The van der Waals surface area contributed by atoms with E-state index in [-0.39, 0.29) is 23.6 Å². The first-order valence-corrected chi connectivity index (χ1v) is 4.77. The second kappa shape index (κ2) is 4.65. The summed E-state index contributed by atoms with van der Waals surface area (Å²) in [5, 5.41) is 0. The molecule has 0 saturated heterocycles. The van der Waals surface area contributed by atoms with E-state index in [1.165, 1.54) is 20.3 Å². The van der Waals surface area contributed by atoms with Gasteiger partial charge in [-0.3, -0.25) is 0 Å². The van der Waals surface area contributed by atoms with Gasteiger partial charge in [0.15, 0.2) is 11.5 Å². The third kappa shape index (κ3) is 2.41. The molecule has 2 N–H and O–H groups in total. The molecule has 1 rings (SSSR count). The van der Waals surface area contributed by atoms with Crippen LogP contribution >= 0.6 is 0 Å². The number of rotatable bonds is 4. The van der Waals surface area contributed by atoms with Gasteiger partial charge in [0.1, 0.15) is 0 Å². The van der Waals surface area contributed by atoms with Crippen molar-refractivity contribution in [2.45, 2.75) is 19.4 Å². The van der Waals surface area contributed by atoms with Gasteiger partial charge in [-0.15, -0.1) is 0 Å². The molecule has 0 amide bonds. The lowest BCUT2D eigenvalue weighted by molar-refractivity contribution is 0.0146. The predicted molar refractivity (Wildman–Crippen MR) is 57.0 cm³/mol. The van der Waals surface area contributed by atoms with E-state index < -0.39 is 5.92 Å². The van der Waals surface area contributed by atoms with Gasteiger partial charge in [0.2, 0.25) is 0 Å². The van der Waals surface area contributed by atoms with Crippen LogP contribution in [-0.2, 0) is 12.5 Å². The molecule has 0 radical (unpaired) electrons. The minimum absolute atomic E-state index is 0.0483. The summed E-state index contributed by atoms with van der Waals surface area (Å²) in [6.07, 6.45) is 0. The molecule has 0 saturated carbocycles. The van der Waals surface area contributed by atoms with Crippen LogP contribution in [0.3, 0.4) is 0 Å². The van der Waals surface area contributed by atoms with Gasteiger partial charge in [-0.2, -0.15) is 0 Å². The van der Waals surface area contributed by atoms with Crippen LogP contribution in [0.15, 0.2) is 12.1 Å². The third-order valence-corrected chi connectivity index (χ3v) is 2.25. The lowest BCUT2D eigenvalue weighted by Gasteiger charge is -2.18. The van der Waals surface area contributed by atoms with Gasteiger partial charge in [0.25, 0.3) is 5.92 Å². The van der Waals surface area contributed by atoms with Gasteiger partial charge in [-0.1, -0.05) is 0 Å². The van der Waals surface area contributed by atoms with Crippen LogP contribution in [0.5, 0.6) is 11.5 Å². The van der Waals surface area contributed by atoms with Gasteiger partial charge in [0.05, 0.1) is 19.8 Å². The SMILES string of the molecule is COc1cc(CN)cc(C(C)(F)F)c1OC. The molecular formula is C11H15F2NO2. The van der Waals surface area contributed by atoms with E-state index in [4.69, 9.17) is 15.2 Å². The van der Waals surface area contributed by atoms with Crippen LogP contribution in [-0.4, -0.2) is 14.2 Å². The second-order valence-corrected chi connectivity index (χ2v) is 3.47. The van der Waals surface area contributed by atoms with Crippen molar-refractivity contribution in [2.24, 2.45) is 5.73 Å². The molecule has 1 aromatic rings. The van der Waals surface area contributed by atoms with Gasteiger partial charge in [-0.25, -0.2) is 8.78 Å². The van der Waals surface area contributed by atoms with Crippen LogP contribution in [0.2, 0.25) is 0 Å². The van der Waals surface area contributed by atoms with Gasteiger partial charge >= 0.3 is 0 Å². The topological polar surface area (TPSA) is 44.5 Å². The molecule has 0 aliphatic rings. The Hall–Kier alpha value is -1.36. The van der Waals surface area contributed by atoms with Crippen molar-refractivity contribution in [3.8, 4) is 11.5 Å². The second-order valence-electron chi connectivity index (χ2n) is 3.47. The maximum atomic E-state index is 13.4. The van der Waals surface area contributed by atoms with E-state index in [0.717, 1.165) is 6.92 Å². The number of hydrogen-bond acceptors (Lipinski definition) is 3. The summed E-state index contributed by atoms with van der Waals surface area (Å²) >= 11 is 0. The summed E-state index contributed by atoms with van der Waals surface area (Å²) in [7, 11) is 2.73. The Morgan fingerprint density at radius 1 is 1.25 bits per heavy atom. The van der Waals surface area contributed by atoms with Gasteiger partial charge in [-0.05, 0) is 17.7 Å². The lowest BCUT2D eigenvalue weighted by atomic mass is 10.0. The molecule has 0 fully saturated rings. The van der Waals surface area contributed by atoms with Crippen molar-refractivity contribution in [1.82, 2.24) is 0 Å². The predicted octanol–water partition coefficient (Wildman–Crippen LogP) is 2.27. The van der Waals surface area contributed by atoms with Crippen molar-refractivity contribution < 1.29 is 18.3 Å². The maximum Gasteiger partial charge on any atom is 0.274 e. The monoisotopic (exact) mass is 231 g/mol. The molecule has 90 valence electrons. The Morgan fingerprint density at radius 2 is 1.88 bits per heavy atom. The fourth-order valence-electron chi connectivity index (χ4n) is 1.47. The Morgan fingerprint density at radius 3 is 2.25 bits per heavy atom. The average Bonchev–Trinajstić information content (AvgIpc) is 2.25. The number of nitrogens with two attached hydrogens (primary N) is 1. The Balaban J connectivity index is 3.43. The molecule has 0 unspecified atom stereocenters. The van der Waals surface area contributed by atoms with Crippen LogP contribution in [0, 0.1) is 0 Å². The summed E-state index contributed by atoms with van der Waals surface area (Å²) < 4.78 is 36.7.